The van der Waals surface area contributed by atoms with Gasteiger partial charge in [0.15, 0.2) is 0 Å². The van der Waals surface area contributed by atoms with E-state index in [1.165, 1.54) is 12.1 Å². The average molecular weight is 315 g/mol. The highest BCUT2D eigenvalue weighted by Gasteiger charge is 2.23. The van der Waals surface area contributed by atoms with E-state index in [0.717, 1.165) is 25.7 Å². The standard InChI is InChI=1S/C13H16BrFN2O/c14-9-6-5-8(7-10(9)15)13(18)17-12-4-2-1-3-11(12)16/h5-7,11-12H,1-4,16H2,(H,17,18)/t11-,12-/m1/s1. The SMILES string of the molecule is N[C@@H]1CCCC[C@H]1NC(=O)c1ccc(Br)c(F)c1. The van der Waals surface area contributed by atoms with E-state index >= 15 is 0 Å². The summed E-state index contributed by atoms with van der Waals surface area (Å²) in [5.74, 6) is -0.695. The summed E-state index contributed by atoms with van der Waals surface area (Å²) in [5.41, 5.74) is 6.29. The zero-order chi connectivity index (χ0) is 13.1. The van der Waals surface area contributed by atoms with Crippen LogP contribution in [0.4, 0.5) is 4.39 Å². The molecule has 0 heterocycles. The normalized spacial score (nSPS) is 23.7. The van der Waals surface area contributed by atoms with Crippen molar-refractivity contribution in [3.05, 3.63) is 34.1 Å². The number of nitrogens with one attached hydrogen (secondary N) is 1. The average Bonchev–Trinajstić information content (AvgIpc) is 2.35. The summed E-state index contributed by atoms with van der Waals surface area (Å²) in [6.07, 6.45) is 4.01. The predicted octanol–water partition coefficient (Wildman–Crippen LogP) is 2.59. The Labute approximate surface area is 114 Å². The van der Waals surface area contributed by atoms with Crippen molar-refractivity contribution in [2.75, 3.05) is 0 Å². The second-order valence-corrected chi connectivity index (χ2v) is 5.51. The number of halogens is 2. The highest BCUT2D eigenvalue weighted by atomic mass is 79.9. The molecular weight excluding hydrogens is 299 g/mol. The molecule has 0 bridgehead atoms. The molecule has 2 atom stereocenters. The maximum Gasteiger partial charge on any atom is 0.251 e. The first-order valence-corrected chi connectivity index (χ1v) is 6.88. The van der Waals surface area contributed by atoms with Crippen molar-refractivity contribution in [2.24, 2.45) is 5.73 Å². The molecule has 1 fully saturated rings. The van der Waals surface area contributed by atoms with E-state index in [2.05, 4.69) is 21.2 Å². The van der Waals surface area contributed by atoms with E-state index in [9.17, 15) is 9.18 Å². The summed E-state index contributed by atoms with van der Waals surface area (Å²) in [4.78, 5) is 12.0. The molecule has 1 aliphatic rings. The van der Waals surface area contributed by atoms with E-state index in [1.807, 2.05) is 0 Å². The van der Waals surface area contributed by atoms with Gasteiger partial charge in [-0.25, -0.2) is 4.39 Å². The molecule has 0 spiro atoms. The third kappa shape index (κ3) is 3.09. The highest BCUT2D eigenvalue weighted by Crippen LogP contribution is 2.19. The Morgan fingerprint density at radius 3 is 2.78 bits per heavy atom. The van der Waals surface area contributed by atoms with Crippen molar-refractivity contribution in [1.29, 1.82) is 0 Å². The van der Waals surface area contributed by atoms with Crippen LogP contribution in [0, 0.1) is 5.82 Å². The first-order chi connectivity index (χ1) is 8.58. The zero-order valence-electron chi connectivity index (χ0n) is 9.96. The number of amides is 1. The van der Waals surface area contributed by atoms with Gasteiger partial charge >= 0.3 is 0 Å². The van der Waals surface area contributed by atoms with Crippen LogP contribution in [0.25, 0.3) is 0 Å². The predicted molar refractivity (Wildman–Crippen MR) is 71.8 cm³/mol. The molecule has 1 amide bonds. The molecule has 1 saturated carbocycles. The second kappa shape index (κ2) is 5.80. The van der Waals surface area contributed by atoms with Crippen LogP contribution in [0.3, 0.4) is 0 Å². The largest absolute Gasteiger partial charge is 0.348 e. The number of carbonyl (C=O) groups is 1. The maximum absolute atomic E-state index is 13.3. The van der Waals surface area contributed by atoms with Gasteiger partial charge in [-0.15, -0.1) is 0 Å². The van der Waals surface area contributed by atoms with Crippen molar-refractivity contribution in [1.82, 2.24) is 5.32 Å². The molecule has 2 rings (SSSR count). The van der Waals surface area contributed by atoms with Crippen LogP contribution in [0.15, 0.2) is 22.7 Å². The number of hydrogen-bond donors (Lipinski definition) is 2. The van der Waals surface area contributed by atoms with Crippen molar-refractivity contribution in [3.63, 3.8) is 0 Å². The first kappa shape index (κ1) is 13.5. The van der Waals surface area contributed by atoms with Gasteiger partial charge in [-0.3, -0.25) is 4.79 Å². The molecule has 0 radical (unpaired) electrons. The molecule has 5 heteroatoms. The van der Waals surface area contributed by atoms with Gasteiger partial charge in [-0.1, -0.05) is 12.8 Å². The molecule has 0 saturated heterocycles. The number of hydrogen-bond acceptors (Lipinski definition) is 2. The molecule has 0 aromatic heterocycles. The smallest absolute Gasteiger partial charge is 0.251 e. The topological polar surface area (TPSA) is 55.1 Å². The van der Waals surface area contributed by atoms with Gasteiger partial charge in [0.25, 0.3) is 5.91 Å². The van der Waals surface area contributed by atoms with Crippen LogP contribution in [0.1, 0.15) is 36.0 Å². The lowest BCUT2D eigenvalue weighted by Crippen LogP contribution is -2.49. The lowest BCUT2D eigenvalue weighted by Gasteiger charge is -2.29. The van der Waals surface area contributed by atoms with Gasteiger partial charge in [0, 0.05) is 17.6 Å². The van der Waals surface area contributed by atoms with Crippen LogP contribution in [-0.2, 0) is 0 Å². The molecule has 1 aromatic rings. The van der Waals surface area contributed by atoms with E-state index in [0.29, 0.717) is 10.0 Å². The fourth-order valence-corrected chi connectivity index (χ4v) is 2.47. The third-order valence-corrected chi connectivity index (χ3v) is 3.96. The van der Waals surface area contributed by atoms with Crippen molar-refractivity contribution in [3.8, 4) is 0 Å². The van der Waals surface area contributed by atoms with Gasteiger partial charge in [-0.05, 0) is 47.0 Å². The minimum atomic E-state index is -0.435. The fourth-order valence-electron chi connectivity index (χ4n) is 2.23. The number of carbonyl (C=O) groups excluding carboxylic acids is 1. The minimum absolute atomic E-state index is 0.00189. The van der Waals surface area contributed by atoms with E-state index < -0.39 is 5.82 Å². The molecule has 1 aromatic carbocycles. The zero-order valence-corrected chi connectivity index (χ0v) is 11.5. The van der Waals surface area contributed by atoms with Gasteiger partial charge in [-0.2, -0.15) is 0 Å². The Balaban J connectivity index is 2.04. The molecule has 3 N–H and O–H groups in total. The molecule has 3 nitrogen and oxygen atoms in total. The van der Waals surface area contributed by atoms with Crippen molar-refractivity contribution in [2.45, 2.75) is 37.8 Å². The summed E-state index contributed by atoms with van der Waals surface area (Å²) in [7, 11) is 0. The monoisotopic (exact) mass is 314 g/mol. The Bertz CT molecular complexity index is 453. The van der Waals surface area contributed by atoms with Crippen LogP contribution < -0.4 is 11.1 Å². The Morgan fingerprint density at radius 1 is 1.39 bits per heavy atom. The van der Waals surface area contributed by atoms with Gasteiger partial charge in [0.2, 0.25) is 0 Å². The summed E-state index contributed by atoms with van der Waals surface area (Å²) >= 11 is 3.06. The minimum Gasteiger partial charge on any atom is -0.348 e. The molecule has 0 aliphatic heterocycles. The lowest BCUT2D eigenvalue weighted by molar-refractivity contribution is 0.0921. The summed E-state index contributed by atoms with van der Waals surface area (Å²) in [5, 5.41) is 2.89. The molecule has 0 unspecified atom stereocenters. The van der Waals surface area contributed by atoms with Gasteiger partial charge in [0.05, 0.1) is 4.47 Å². The second-order valence-electron chi connectivity index (χ2n) is 4.66. The molecule has 98 valence electrons. The third-order valence-electron chi connectivity index (χ3n) is 3.32. The van der Waals surface area contributed by atoms with Crippen LogP contribution in [0.5, 0.6) is 0 Å². The summed E-state index contributed by atoms with van der Waals surface area (Å²) in [6.45, 7) is 0. The number of nitrogens with two attached hydrogens (primary N) is 1. The van der Waals surface area contributed by atoms with Gasteiger partial charge < -0.3 is 11.1 Å². The lowest BCUT2D eigenvalue weighted by atomic mass is 9.91. The Kier molecular flexibility index (Phi) is 4.35. The number of benzene rings is 1. The van der Waals surface area contributed by atoms with E-state index in [1.54, 1.807) is 6.07 Å². The van der Waals surface area contributed by atoms with Gasteiger partial charge in [0.1, 0.15) is 5.82 Å². The summed E-state index contributed by atoms with van der Waals surface area (Å²) < 4.78 is 13.7. The molecule has 1 aliphatic carbocycles. The quantitative estimate of drug-likeness (QED) is 0.881. The maximum atomic E-state index is 13.3. The Morgan fingerprint density at radius 2 is 2.11 bits per heavy atom. The van der Waals surface area contributed by atoms with E-state index in [4.69, 9.17) is 5.73 Å². The van der Waals surface area contributed by atoms with Crippen LogP contribution in [-0.4, -0.2) is 18.0 Å². The van der Waals surface area contributed by atoms with Crippen molar-refractivity contribution >= 4 is 21.8 Å². The highest BCUT2D eigenvalue weighted by molar-refractivity contribution is 9.10. The van der Waals surface area contributed by atoms with Crippen LogP contribution in [0.2, 0.25) is 0 Å². The number of rotatable bonds is 2. The Hall–Kier alpha value is -0.940. The summed E-state index contributed by atoms with van der Waals surface area (Å²) in [6, 6.07) is 4.36. The van der Waals surface area contributed by atoms with E-state index in [-0.39, 0.29) is 18.0 Å². The molecule has 18 heavy (non-hydrogen) atoms. The van der Waals surface area contributed by atoms with Crippen molar-refractivity contribution < 1.29 is 9.18 Å². The van der Waals surface area contributed by atoms with Crippen LogP contribution >= 0.6 is 15.9 Å². The molecular formula is C13H16BrFN2O. The fraction of sp³-hybridized carbons (Fsp3) is 0.462. The first-order valence-electron chi connectivity index (χ1n) is 6.09.